The van der Waals surface area contributed by atoms with Crippen molar-refractivity contribution in [2.24, 2.45) is 29.6 Å². The largest absolute Gasteiger partial charge is 0.502 e. The first-order valence-corrected chi connectivity index (χ1v) is 19.2. The van der Waals surface area contributed by atoms with Gasteiger partial charge in [-0.25, -0.2) is 0 Å². The molecule has 0 aromatic heterocycles. The Kier molecular flexibility index (Phi) is 9.99. The number of aromatic hydroxyl groups is 1. The number of hydrazine groups is 1. The number of benzene rings is 4. The zero-order valence-electron chi connectivity index (χ0n) is 31.3. The number of likely N-dealkylation sites (tertiary alicyclic amines) is 1. The molecule has 2 saturated heterocycles. The molecule has 0 spiro atoms. The van der Waals surface area contributed by atoms with E-state index in [1.807, 2.05) is 42.5 Å². The fourth-order valence-electron chi connectivity index (χ4n) is 9.29. The molecule has 57 heavy (non-hydrogen) atoms. The number of amides is 4. The molecule has 4 aromatic carbocycles. The van der Waals surface area contributed by atoms with Gasteiger partial charge in [-0.3, -0.25) is 29.5 Å². The second-order valence-electron chi connectivity index (χ2n) is 14.6. The van der Waals surface area contributed by atoms with E-state index in [2.05, 4.69) is 5.43 Å². The molecule has 2 N–H and O–H groups in total. The summed E-state index contributed by atoms with van der Waals surface area (Å²) in [6.45, 7) is 0.136. The van der Waals surface area contributed by atoms with E-state index in [4.69, 9.17) is 37.4 Å². The van der Waals surface area contributed by atoms with Crippen molar-refractivity contribution in [3.63, 3.8) is 0 Å². The van der Waals surface area contributed by atoms with E-state index in [0.717, 1.165) is 16.1 Å². The molecule has 1 saturated carbocycles. The van der Waals surface area contributed by atoms with Gasteiger partial charge >= 0.3 is 0 Å². The molecule has 0 bridgehead atoms. The van der Waals surface area contributed by atoms with E-state index in [1.54, 1.807) is 61.7 Å². The van der Waals surface area contributed by atoms with E-state index < -0.39 is 46.8 Å². The number of anilines is 1. The van der Waals surface area contributed by atoms with Gasteiger partial charge in [0.05, 0.1) is 61.8 Å². The predicted octanol–water partition coefficient (Wildman–Crippen LogP) is 7.46. The molecule has 13 heteroatoms. The van der Waals surface area contributed by atoms with Crippen molar-refractivity contribution in [2.75, 3.05) is 26.8 Å². The molecular formula is C44H39Cl2N3O8. The number of carbonyl (C=O) groups excluding carboxylic acids is 4. The number of phenolic OH excluding ortho intramolecular Hbond substituents is 1. The third-order valence-corrected chi connectivity index (χ3v) is 12.4. The zero-order valence-corrected chi connectivity index (χ0v) is 32.8. The van der Waals surface area contributed by atoms with Crippen molar-refractivity contribution in [1.29, 1.82) is 0 Å². The lowest BCUT2D eigenvalue weighted by atomic mass is 9.50. The Morgan fingerprint density at radius 2 is 1.54 bits per heavy atom. The molecule has 4 aliphatic rings. The summed E-state index contributed by atoms with van der Waals surface area (Å²) in [5.41, 5.74) is 4.53. The minimum atomic E-state index is -1.53. The van der Waals surface area contributed by atoms with Crippen LogP contribution in [0.2, 0.25) is 10.0 Å². The first-order valence-electron chi connectivity index (χ1n) is 18.5. The third kappa shape index (κ3) is 6.20. The van der Waals surface area contributed by atoms with Crippen LogP contribution in [-0.2, 0) is 31.1 Å². The monoisotopic (exact) mass is 807 g/mol. The lowest BCUT2D eigenvalue weighted by Crippen LogP contribution is -2.54. The highest BCUT2D eigenvalue weighted by Gasteiger charge is 2.69. The van der Waals surface area contributed by atoms with Crippen LogP contribution in [-0.4, -0.2) is 60.0 Å². The standard InChI is InChI=1S/C44H39Cl2N3O8/c1-55-28-13-10-26(11-14-28)44-32(17-9-25-19-36(56-2)39(50)37(20-25)57-3)29-15-16-30-38(42(53)48(40(30)51)23-24-7-5-4-6-8-24)31(29)22-33(44)41(52)49(43(44)54)47-35-18-12-27(45)21-34(35)46/h4-15,17-21,30-33,38,47,50H,16,22-23H2,1-3H3. The molecule has 292 valence electrons. The molecule has 2 aliphatic carbocycles. The maximum atomic E-state index is 15.4. The average Bonchev–Trinajstić information content (AvgIpc) is 3.59. The number of ether oxygens (including phenoxy) is 3. The van der Waals surface area contributed by atoms with Gasteiger partial charge in [-0.1, -0.05) is 89.5 Å². The predicted molar refractivity (Wildman–Crippen MR) is 214 cm³/mol. The fraction of sp³-hybridized carbons (Fsp3) is 0.273. The van der Waals surface area contributed by atoms with Gasteiger partial charge < -0.3 is 19.3 Å². The lowest BCUT2D eigenvalue weighted by molar-refractivity contribution is -0.142. The number of imide groups is 2. The van der Waals surface area contributed by atoms with Crippen LogP contribution in [0.5, 0.6) is 23.0 Å². The second kappa shape index (κ2) is 14.9. The molecular weight excluding hydrogens is 769 g/mol. The third-order valence-electron chi connectivity index (χ3n) is 11.9. The van der Waals surface area contributed by atoms with E-state index in [9.17, 15) is 19.5 Å². The van der Waals surface area contributed by atoms with Crippen LogP contribution < -0.4 is 19.6 Å². The summed E-state index contributed by atoms with van der Waals surface area (Å²) in [5.74, 6) is -4.52. The maximum absolute atomic E-state index is 15.4. The number of hydrogen-bond acceptors (Lipinski definition) is 9. The van der Waals surface area contributed by atoms with Crippen LogP contribution in [0.1, 0.15) is 29.5 Å². The normalized spacial score (nSPS) is 25.3. The minimum Gasteiger partial charge on any atom is -0.502 e. The summed E-state index contributed by atoms with van der Waals surface area (Å²) >= 11 is 12.8. The quantitative estimate of drug-likeness (QED) is 0.124. The number of carbonyl (C=O) groups is 4. The summed E-state index contributed by atoms with van der Waals surface area (Å²) < 4.78 is 16.4. The van der Waals surface area contributed by atoms with Gasteiger partial charge in [0, 0.05) is 10.9 Å². The van der Waals surface area contributed by atoms with Crippen LogP contribution in [0.15, 0.2) is 103 Å². The molecule has 11 nitrogen and oxygen atoms in total. The molecule has 3 fully saturated rings. The number of phenols is 1. The molecule has 8 rings (SSSR count). The number of nitrogens with one attached hydrogen (secondary N) is 1. The van der Waals surface area contributed by atoms with Crippen LogP contribution in [0.3, 0.4) is 0 Å². The van der Waals surface area contributed by atoms with Gasteiger partial charge in [-0.15, -0.1) is 0 Å². The molecule has 2 aliphatic heterocycles. The first kappa shape index (κ1) is 38.1. The molecule has 6 atom stereocenters. The van der Waals surface area contributed by atoms with Crippen LogP contribution in [0.4, 0.5) is 5.69 Å². The highest BCUT2D eigenvalue weighted by Crippen LogP contribution is 2.62. The Morgan fingerprint density at radius 1 is 0.842 bits per heavy atom. The highest BCUT2D eigenvalue weighted by atomic mass is 35.5. The van der Waals surface area contributed by atoms with Crippen LogP contribution >= 0.6 is 23.2 Å². The number of rotatable bonds is 10. The Balaban J connectivity index is 1.30. The van der Waals surface area contributed by atoms with E-state index in [-0.39, 0.29) is 53.5 Å². The minimum absolute atomic E-state index is 0.125. The molecule has 2 heterocycles. The van der Waals surface area contributed by atoms with E-state index in [0.29, 0.717) is 27.6 Å². The summed E-state index contributed by atoms with van der Waals surface area (Å²) in [6.07, 6.45) is 6.06. The van der Waals surface area contributed by atoms with Crippen LogP contribution in [0, 0.1) is 29.6 Å². The lowest BCUT2D eigenvalue weighted by Gasteiger charge is -2.49. The van der Waals surface area contributed by atoms with Gasteiger partial charge in [0.2, 0.25) is 17.6 Å². The van der Waals surface area contributed by atoms with Gasteiger partial charge in [0.1, 0.15) is 5.75 Å². The number of nitrogens with zero attached hydrogens (tertiary/aromatic N) is 2. The van der Waals surface area contributed by atoms with Crippen molar-refractivity contribution in [2.45, 2.75) is 24.8 Å². The van der Waals surface area contributed by atoms with Crippen LogP contribution in [0.25, 0.3) is 6.08 Å². The Hall–Kier alpha value is -5.78. The molecule has 4 amide bonds. The summed E-state index contributed by atoms with van der Waals surface area (Å²) in [4.78, 5) is 60.2. The van der Waals surface area contributed by atoms with Gasteiger partial charge in [-0.05, 0) is 77.9 Å². The summed E-state index contributed by atoms with van der Waals surface area (Å²) in [5, 5.41) is 12.3. The van der Waals surface area contributed by atoms with Crippen molar-refractivity contribution in [1.82, 2.24) is 9.91 Å². The Labute approximate surface area is 339 Å². The highest BCUT2D eigenvalue weighted by molar-refractivity contribution is 6.36. The SMILES string of the molecule is COc1ccc(C23C(=O)N(Nc4ccc(Cl)cc4Cl)C(=O)C2CC2C(=CCC4C(=O)N(Cc5ccccc5)C(=O)C42)C3C=Cc2cc(OC)c(O)c(OC)c2)cc1. The number of allylic oxidation sites excluding steroid dienone is 3. The summed E-state index contributed by atoms with van der Waals surface area (Å²) in [6, 6.07) is 24.4. The van der Waals surface area contributed by atoms with Crippen molar-refractivity contribution in [3.05, 3.63) is 129 Å². The maximum Gasteiger partial charge on any atom is 0.260 e. The van der Waals surface area contributed by atoms with Gasteiger partial charge in [0.15, 0.2) is 11.5 Å². The van der Waals surface area contributed by atoms with E-state index >= 15 is 4.79 Å². The van der Waals surface area contributed by atoms with Gasteiger partial charge in [0.25, 0.3) is 11.8 Å². The number of methoxy groups -OCH3 is 3. The topological polar surface area (TPSA) is 135 Å². The molecule has 0 radical (unpaired) electrons. The van der Waals surface area contributed by atoms with Gasteiger partial charge in [-0.2, -0.15) is 5.01 Å². The number of hydrogen-bond donors (Lipinski definition) is 2. The Bertz CT molecular complexity index is 2320. The fourth-order valence-corrected chi connectivity index (χ4v) is 9.74. The zero-order chi connectivity index (χ0) is 40.2. The number of halogens is 2. The van der Waals surface area contributed by atoms with Crippen molar-refractivity contribution < 1.29 is 38.5 Å². The smallest absolute Gasteiger partial charge is 0.260 e. The first-order chi connectivity index (χ1) is 27.5. The summed E-state index contributed by atoms with van der Waals surface area (Å²) in [7, 11) is 4.40. The van der Waals surface area contributed by atoms with Crippen molar-refractivity contribution in [3.8, 4) is 23.0 Å². The molecule has 6 unspecified atom stereocenters. The molecule has 4 aromatic rings. The van der Waals surface area contributed by atoms with Crippen molar-refractivity contribution >= 4 is 58.6 Å². The van der Waals surface area contributed by atoms with E-state index in [1.165, 1.54) is 25.2 Å². The average molecular weight is 809 g/mol. The number of fused-ring (bicyclic) bond motifs is 4. The Morgan fingerprint density at radius 3 is 2.19 bits per heavy atom. The second-order valence-corrected chi connectivity index (χ2v) is 15.5.